The van der Waals surface area contributed by atoms with Crippen LogP contribution in [0.2, 0.25) is 0 Å². The van der Waals surface area contributed by atoms with Gasteiger partial charge >= 0.3 is 0 Å². The standard InChI is InChI=1S/C15H20N2O3/c1-11(2)9-14(18)16-12-5-7-13(8-6-12)20-10-15(19)17(3)4/h5-9H,10H2,1-4H3,(H,16,18). The Morgan fingerprint density at radius 3 is 2.30 bits per heavy atom. The van der Waals surface area contributed by atoms with Gasteiger partial charge in [-0.05, 0) is 38.1 Å². The van der Waals surface area contributed by atoms with E-state index >= 15 is 0 Å². The van der Waals surface area contributed by atoms with Gasteiger partial charge in [0.2, 0.25) is 5.91 Å². The van der Waals surface area contributed by atoms with Gasteiger partial charge in [0, 0.05) is 25.9 Å². The first-order valence-corrected chi connectivity index (χ1v) is 6.27. The van der Waals surface area contributed by atoms with Crippen molar-refractivity contribution in [3.05, 3.63) is 35.9 Å². The molecule has 0 aliphatic carbocycles. The fourth-order valence-electron chi connectivity index (χ4n) is 1.35. The molecule has 0 spiro atoms. The number of hydrogen-bond donors (Lipinski definition) is 1. The number of rotatable bonds is 5. The van der Waals surface area contributed by atoms with E-state index in [0.29, 0.717) is 11.4 Å². The van der Waals surface area contributed by atoms with E-state index in [4.69, 9.17) is 4.74 Å². The molecule has 1 aromatic rings. The molecule has 1 N–H and O–H groups in total. The largest absolute Gasteiger partial charge is 0.484 e. The smallest absolute Gasteiger partial charge is 0.259 e. The number of nitrogens with one attached hydrogen (secondary N) is 1. The van der Waals surface area contributed by atoms with E-state index in [-0.39, 0.29) is 18.4 Å². The molecule has 0 bridgehead atoms. The van der Waals surface area contributed by atoms with Crippen molar-refractivity contribution in [2.45, 2.75) is 13.8 Å². The minimum absolute atomic E-state index is 0.00350. The Kier molecular flexibility index (Phi) is 5.77. The van der Waals surface area contributed by atoms with E-state index in [1.807, 2.05) is 13.8 Å². The molecular weight excluding hydrogens is 256 g/mol. The Morgan fingerprint density at radius 2 is 1.80 bits per heavy atom. The average Bonchev–Trinajstić information content (AvgIpc) is 2.36. The topological polar surface area (TPSA) is 58.6 Å². The Labute approximate surface area is 119 Å². The summed E-state index contributed by atoms with van der Waals surface area (Å²) in [6.07, 6.45) is 1.53. The molecular formula is C15H20N2O3. The van der Waals surface area contributed by atoms with Crippen LogP contribution in [0.3, 0.4) is 0 Å². The number of anilines is 1. The molecule has 0 unspecified atom stereocenters. The highest BCUT2D eigenvalue weighted by Crippen LogP contribution is 2.15. The summed E-state index contributed by atoms with van der Waals surface area (Å²) in [5, 5.41) is 2.74. The van der Waals surface area contributed by atoms with Crippen LogP contribution in [0, 0.1) is 0 Å². The number of benzene rings is 1. The van der Waals surface area contributed by atoms with Crippen LogP contribution < -0.4 is 10.1 Å². The molecule has 0 atom stereocenters. The molecule has 0 heterocycles. The van der Waals surface area contributed by atoms with Gasteiger partial charge < -0.3 is 15.0 Å². The second-order valence-corrected chi connectivity index (χ2v) is 4.81. The summed E-state index contributed by atoms with van der Waals surface area (Å²) in [6, 6.07) is 6.88. The highest BCUT2D eigenvalue weighted by Gasteiger charge is 2.05. The lowest BCUT2D eigenvalue weighted by atomic mass is 10.3. The number of carbonyl (C=O) groups is 2. The number of ether oxygens (including phenoxy) is 1. The maximum Gasteiger partial charge on any atom is 0.259 e. The lowest BCUT2D eigenvalue weighted by Crippen LogP contribution is -2.27. The summed E-state index contributed by atoms with van der Waals surface area (Å²) in [4.78, 5) is 24.4. The van der Waals surface area contributed by atoms with Crippen LogP contribution in [0.5, 0.6) is 5.75 Å². The molecule has 0 saturated carbocycles. The minimum Gasteiger partial charge on any atom is -0.484 e. The van der Waals surface area contributed by atoms with Crippen LogP contribution in [0.1, 0.15) is 13.8 Å². The lowest BCUT2D eigenvalue weighted by molar-refractivity contribution is -0.130. The number of nitrogens with zero attached hydrogens (tertiary/aromatic N) is 1. The summed E-state index contributed by atoms with van der Waals surface area (Å²) in [7, 11) is 3.35. The first kappa shape index (κ1) is 15.8. The van der Waals surface area contributed by atoms with Gasteiger partial charge in [-0.1, -0.05) is 5.57 Å². The SMILES string of the molecule is CC(C)=CC(=O)Nc1ccc(OCC(=O)N(C)C)cc1. The van der Waals surface area contributed by atoms with Crippen LogP contribution in [0.25, 0.3) is 0 Å². The van der Waals surface area contributed by atoms with Gasteiger partial charge in [-0.25, -0.2) is 0 Å². The first-order chi connectivity index (χ1) is 9.38. The van der Waals surface area contributed by atoms with Crippen LogP contribution in [-0.4, -0.2) is 37.4 Å². The zero-order valence-electron chi connectivity index (χ0n) is 12.3. The van der Waals surface area contributed by atoms with Crippen LogP contribution >= 0.6 is 0 Å². The zero-order chi connectivity index (χ0) is 15.1. The summed E-state index contributed by atoms with van der Waals surface area (Å²) in [5.74, 6) is 0.313. The summed E-state index contributed by atoms with van der Waals surface area (Å²) >= 11 is 0. The molecule has 2 amide bonds. The molecule has 1 rings (SSSR count). The van der Waals surface area contributed by atoms with Gasteiger partial charge in [-0.2, -0.15) is 0 Å². The van der Waals surface area contributed by atoms with Gasteiger partial charge in [0.25, 0.3) is 5.91 Å². The molecule has 0 aliphatic rings. The van der Waals surface area contributed by atoms with Crippen molar-refractivity contribution in [1.82, 2.24) is 4.90 Å². The molecule has 108 valence electrons. The minimum atomic E-state index is -0.165. The Bertz CT molecular complexity index is 500. The Balaban J connectivity index is 2.54. The van der Waals surface area contributed by atoms with Crippen molar-refractivity contribution < 1.29 is 14.3 Å². The van der Waals surface area contributed by atoms with E-state index in [0.717, 1.165) is 5.57 Å². The van der Waals surface area contributed by atoms with Crippen molar-refractivity contribution >= 4 is 17.5 Å². The molecule has 0 radical (unpaired) electrons. The molecule has 0 fully saturated rings. The predicted molar refractivity (Wildman–Crippen MR) is 78.7 cm³/mol. The highest BCUT2D eigenvalue weighted by molar-refractivity contribution is 5.99. The van der Waals surface area contributed by atoms with Gasteiger partial charge in [-0.3, -0.25) is 9.59 Å². The number of carbonyl (C=O) groups excluding carboxylic acids is 2. The van der Waals surface area contributed by atoms with E-state index in [1.54, 1.807) is 38.4 Å². The highest BCUT2D eigenvalue weighted by atomic mass is 16.5. The average molecular weight is 276 g/mol. The van der Waals surface area contributed by atoms with Crippen molar-refractivity contribution in [2.75, 3.05) is 26.0 Å². The molecule has 1 aromatic carbocycles. The Morgan fingerprint density at radius 1 is 1.20 bits per heavy atom. The molecule has 5 nitrogen and oxygen atoms in total. The normalized spacial score (nSPS) is 9.60. The molecule has 5 heteroatoms. The van der Waals surface area contributed by atoms with Crippen molar-refractivity contribution in [2.24, 2.45) is 0 Å². The molecule has 0 saturated heterocycles. The second-order valence-electron chi connectivity index (χ2n) is 4.81. The number of hydrogen-bond acceptors (Lipinski definition) is 3. The molecule has 0 aromatic heterocycles. The van der Waals surface area contributed by atoms with Crippen LogP contribution in [0.4, 0.5) is 5.69 Å². The maximum atomic E-state index is 11.5. The van der Waals surface area contributed by atoms with Gasteiger partial charge in [0.15, 0.2) is 6.61 Å². The van der Waals surface area contributed by atoms with E-state index in [1.165, 1.54) is 11.0 Å². The third kappa shape index (κ3) is 5.56. The quantitative estimate of drug-likeness (QED) is 0.837. The third-order valence-electron chi connectivity index (χ3n) is 2.40. The van der Waals surface area contributed by atoms with Gasteiger partial charge in [0.1, 0.15) is 5.75 Å². The van der Waals surface area contributed by atoms with E-state index < -0.39 is 0 Å². The van der Waals surface area contributed by atoms with E-state index in [2.05, 4.69) is 5.32 Å². The van der Waals surface area contributed by atoms with Crippen LogP contribution in [-0.2, 0) is 9.59 Å². The fourth-order valence-corrected chi connectivity index (χ4v) is 1.35. The summed E-state index contributed by atoms with van der Waals surface area (Å²) in [5.41, 5.74) is 1.61. The third-order valence-corrected chi connectivity index (χ3v) is 2.40. The monoisotopic (exact) mass is 276 g/mol. The zero-order valence-corrected chi connectivity index (χ0v) is 12.3. The van der Waals surface area contributed by atoms with Gasteiger partial charge in [0.05, 0.1) is 0 Å². The number of allylic oxidation sites excluding steroid dienone is 1. The second kappa shape index (κ2) is 7.33. The summed E-state index contributed by atoms with van der Waals surface area (Å²) in [6.45, 7) is 3.72. The Hall–Kier alpha value is -2.30. The predicted octanol–water partition coefficient (Wildman–Crippen LogP) is 2.06. The fraction of sp³-hybridized carbons (Fsp3) is 0.333. The van der Waals surface area contributed by atoms with Gasteiger partial charge in [-0.15, -0.1) is 0 Å². The maximum absolute atomic E-state index is 11.5. The van der Waals surface area contributed by atoms with Crippen molar-refractivity contribution in [1.29, 1.82) is 0 Å². The summed E-state index contributed by atoms with van der Waals surface area (Å²) < 4.78 is 5.34. The number of amides is 2. The number of likely N-dealkylation sites (N-methyl/N-ethyl adjacent to an activating group) is 1. The van der Waals surface area contributed by atoms with Crippen molar-refractivity contribution in [3.8, 4) is 5.75 Å². The lowest BCUT2D eigenvalue weighted by Gasteiger charge is -2.11. The molecule has 0 aliphatic heterocycles. The molecule has 20 heavy (non-hydrogen) atoms. The first-order valence-electron chi connectivity index (χ1n) is 6.27. The van der Waals surface area contributed by atoms with E-state index in [9.17, 15) is 9.59 Å². The van der Waals surface area contributed by atoms with Crippen LogP contribution in [0.15, 0.2) is 35.9 Å². The van der Waals surface area contributed by atoms with Crippen molar-refractivity contribution in [3.63, 3.8) is 0 Å².